The van der Waals surface area contributed by atoms with E-state index in [-0.39, 0.29) is 17.2 Å². The molecule has 6 aliphatic rings. The van der Waals surface area contributed by atoms with E-state index in [1.807, 2.05) is 0 Å². The molecule has 23 heavy (non-hydrogen) atoms. The van der Waals surface area contributed by atoms with E-state index >= 15 is 0 Å². The number of nitrogens with zero attached hydrogens (tertiary/aromatic N) is 2. The molecule has 1 heterocycles. The number of nitrogens with two attached hydrogens (primary N) is 1. The summed E-state index contributed by atoms with van der Waals surface area (Å²) in [6.45, 7) is 0. The molecule has 5 nitrogen and oxygen atoms in total. The molecule has 0 radical (unpaired) electrons. The van der Waals surface area contributed by atoms with E-state index in [9.17, 15) is 15.2 Å². The number of nitriles is 1. The highest BCUT2D eigenvalue weighted by atomic mass is 16.3. The van der Waals surface area contributed by atoms with E-state index in [2.05, 4.69) is 6.07 Å². The van der Waals surface area contributed by atoms with Crippen LogP contribution in [0.1, 0.15) is 54.1 Å². The summed E-state index contributed by atoms with van der Waals surface area (Å²) in [5, 5.41) is 20.3. The molecule has 0 aromatic carbocycles. The first-order valence-corrected chi connectivity index (χ1v) is 8.89. The van der Waals surface area contributed by atoms with Gasteiger partial charge in [0, 0.05) is 8.78 Å². The van der Waals surface area contributed by atoms with Crippen LogP contribution in [0.3, 0.4) is 0 Å². The number of hydrogen-bond acceptors (Lipinski definition) is 4. The molecule has 1 aliphatic heterocycles. The summed E-state index contributed by atoms with van der Waals surface area (Å²) in [5.41, 5.74) is 5.45. The van der Waals surface area contributed by atoms with Crippen LogP contribution >= 0.6 is 0 Å². The molecule has 0 spiro atoms. The maximum atomic E-state index is 13.3. The van der Waals surface area contributed by atoms with Gasteiger partial charge in [0.05, 0.1) is 17.7 Å². The molecule has 1 amide bonds. The van der Waals surface area contributed by atoms with E-state index in [0.717, 1.165) is 32.1 Å². The number of rotatable bonds is 2. The number of piperidine rings is 1. The second-order valence-electron chi connectivity index (χ2n) is 8.87. The monoisotopic (exact) mass is 318 g/mol. The zero-order chi connectivity index (χ0) is 17.8. The quantitative estimate of drug-likeness (QED) is 0.748. The minimum absolute atomic E-state index is 0.228. The third kappa shape index (κ3) is 1.88. The van der Waals surface area contributed by atoms with Crippen molar-refractivity contribution in [3.8, 4) is 6.07 Å². The van der Waals surface area contributed by atoms with Gasteiger partial charge in [-0.25, -0.2) is 0 Å². The van der Waals surface area contributed by atoms with Crippen LogP contribution in [0.15, 0.2) is 0 Å². The van der Waals surface area contributed by atoms with Crippen molar-refractivity contribution in [2.24, 2.45) is 28.9 Å². The molecule has 5 aliphatic carbocycles. The van der Waals surface area contributed by atoms with Crippen LogP contribution in [0.4, 0.5) is 0 Å². The first kappa shape index (κ1) is 12.3. The fourth-order valence-corrected chi connectivity index (χ4v) is 6.66. The number of fused-ring (bicyclic) bond motifs is 1. The molecule has 0 aromatic heterocycles. The first-order chi connectivity index (χ1) is 11.7. The summed E-state index contributed by atoms with van der Waals surface area (Å²) in [7, 11) is 0. The smallest absolute Gasteiger partial charge is 0.241 e. The first-order valence-electron chi connectivity index (χ1n) is 9.89. The number of hydrogen-bond donors (Lipinski definition) is 2. The topological polar surface area (TPSA) is 90.4 Å². The van der Waals surface area contributed by atoms with Crippen molar-refractivity contribution in [2.45, 2.75) is 75.0 Å². The van der Waals surface area contributed by atoms with Crippen LogP contribution in [-0.4, -0.2) is 39.6 Å². The van der Waals surface area contributed by atoms with Crippen LogP contribution in [0.5, 0.6) is 0 Å². The Bertz CT molecular complexity index is 676. The van der Waals surface area contributed by atoms with Gasteiger partial charge in [0.2, 0.25) is 5.91 Å². The van der Waals surface area contributed by atoms with E-state index in [1.54, 1.807) is 0 Å². The summed E-state index contributed by atoms with van der Waals surface area (Å²) < 4.78 is 16.1. The molecule has 1 saturated heterocycles. The fraction of sp³-hybridized carbons (Fsp3) is 0.889. The molecular weight excluding hydrogens is 291 g/mol. The Balaban J connectivity index is 1.44. The molecule has 5 saturated carbocycles. The Labute approximate surface area is 139 Å². The lowest BCUT2D eigenvalue weighted by Crippen LogP contribution is -2.64. The summed E-state index contributed by atoms with van der Waals surface area (Å²) in [5.74, 6) is 0.380. The number of carbonyl (C=O) groups excluding carboxylic acids is 1. The van der Waals surface area contributed by atoms with Crippen LogP contribution in [-0.2, 0) is 4.79 Å². The van der Waals surface area contributed by atoms with Gasteiger partial charge in [-0.1, -0.05) is 0 Å². The van der Waals surface area contributed by atoms with Crippen LogP contribution in [0, 0.1) is 34.5 Å². The van der Waals surface area contributed by atoms with Gasteiger partial charge >= 0.3 is 0 Å². The Kier molecular flexibility index (Phi) is 2.29. The maximum absolute atomic E-state index is 13.3. The molecular formula is C18H25N3O2. The van der Waals surface area contributed by atoms with Gasteiger partial charge in [-0.05, 0) is 74.5 Å². The highest BCUT2D eigenvalue weighted by Gasteiger charge is 2.62. The molecule has 3 N–H and O–H groups in total. The molecule has 0 aromatic rings. The van der Waals surface area contributed by atoms with Crippen molar-refractivity contribution in [3.05, 3.63) is 0 Å². The second-order valence-corrected chi connectivity index (χ2v) is 8.87. The number of amides is 1. The lowest BCUT2D eigenvalue weighted by atomic mass is 9.46. The third-order valence-corrected chi connectivity index (χ3v) is 7.17. The summed E-state index contributed by atoms with van der Waals surface area (Å²) in [6, 6.07) is 0.370. The summed E-state index contributed by atoms with van der Waals surface area (Å²) in [4.78, 5) is 14.7. The lowest BCUT2D eigenvalue weighted by Gasteiger charge is -2.61. The SMILES string of the molecule is [2H]C1([2H])[C@H]2C[C@@H](C#N)[15N](C(=O)[C@@H](N)C34CC5CC(CC(O)(C5)C3)C4)[C@H]21. The minimum atomic E-state index is -1.39. The third-order valence-electron chi connectivity index (χ3n) is 7.17. The number of aliphatic hydroxyl groups is 1. The molecule has 5 heteroatoms. The lowest BCUT2D eigenvalue weighted by molar-refractivity contribution is -0.177. The van der Waals surface area contributed by atoms with Gasteiger partial charge < -0.3 is 15.7 Å². The number of carbonyl (C=O) groups is 1. The van der Waals surface area contributed by atoms with Crippen molar-refractivity contribution in [3.63, 3.8) is 0 Å². The van der Waals surface area contributed by atoms with Crippen molar-refractivity contribution in [1.82, 2.24) is 4.90 Å². The van der Waals surface area contributed by atoms with Gasteiger partial charge in [0.15, 0.2) is 0 Å². The second kappa shape index (κ2) is 4.29. The van der Waals surface area contributed by atoms with Crippen molar-refractivity contribution in [2.75, 3.05) is 0 Å². The maximum Gasteiger partial charge on any atom is 0.241 e. The Morgan fingerprint density at radius 1 is 1.35 bits per heavy atom. The zero-order valence-corrected chi connectivity index (χ0v) is 13.2. The molecule has 6 atom stereocenters. The molecule has 6 fully saturated rings. The summed E-state index contributed by atoms with van der Waals surface area (Å²) >= 11 is 0. The Morgan fingerprint density at radius 2 is 2.04 bits per heavy atom. The average molecular weight is 318 g/mol. The highest BCUT2D eigenvalue weighted by Crippen LogP contribution is 2.63. The largest absolute Gasteiger partial charge is 0.390 e. The van der Waals surface area contributed by atoms with E-state index in [1.165, 1.54) is 4.90 Å². The Hall–Kier alpha value is -1.12. The van der Waals surface area contributed by atoms with E-state index < -0.39 is 30.1 Å². The summed E-state index contributed by atoms with van der Waals surface area (Å²) in [6.07, 6.45) is 4.13. The van der Waals surface area contributed by atoms with Gasteiger partial charge in [-0.3, -0.25) is 4.79 Å². The molecule has 124 valence electrons. The molecule has 4 bridgehead atoms. The highest BCUT2D eigenvalue weighted by molar-refractivity contribution is 5.84. The van der Waals surface area contributed by atoms with Crippen LogP contribution in [0.2, 0.25) is 0 Å². The van der Waals surface area contributed by atoms with Gasteiger partial charge in [0.1, 0.15) is 6.04 Å². The van der Waals surface area contributed by atoms with Crippen molar-refractivity contribution < 1.29 is 12.6 Å². The Morgan fingerprint density at radius 3 is 2.65 bits per heavy atom. The molecule has 6 rings (SSSR count). The fourth-order valence-electron chi connectivity index (χ4n) is 6.66. The molecule has 2 unspecified atom stereocenters. The minimum Gasteiger partial charge on any atom is -0.390 e. The van der Waals surface area contributed by atoms with Gasteiger partial charge in [0.25, 0.3) is 0 Å². The average Bonchev–Trinajstić information content (AvgIpc) is 2.89. The van der Waals surface area contributed by atoms with Crippen LogP contribution in [0.25, 0.3) is 0 Å². The normalized spacial score (nSPS) is 57.3. The van der Waals surface area contributed by atoms with Crippen molar-refractivity contribution in [1.29, 1.82) is 5.26 Å². The number of likely N-dealkylation sites (tertiary alicyclic amines) is 1. The van der Waals surface area contributed by atoms with Crippen LogP contribution < -0.4 is 5.73 Å². The van der Waals surface area contributed by atoms with E-state index in [4.69, 9.17) is 8.48 Å². The standard InChI is InChI=1S/C18H25N3O2/c19-8-13-2-12-3-14(12)21(13)16(22)15(20)17-4-10-1-11(5-17)7-18(23,6-10)9-17/h10-15,23H,1-7,9,20H2/t10?,11?,12-,13+,14+,15-,17?,18?/m1/s1/i3D2,21+1. The predicted molar refractivity (Wildman–Crippen MR) is 82.8 cm³/mol. The van der Waals surface area contributed by atoms with Gasteiger partial charge in [-0.2, -0.15) is 5.26 Å². The predicted octanol–water partition coefficient (Wildman–Crippen LogP) is 1.16. The van der Waals surface area contributed by atoms with E-state index in [0.29, 0.717) is 24.7 Å². The van der Waals surface area contributed by atoms with Gasteiger partial charge in [-0.15, -0.1) is 0 Å². The zero-order valence-electron chi connectivity index (χ0n) is 15.2. The van der Waals surface area contributed by atoms with Crippen molar-refractivity contribution >= 4 is 5.91 Å².